The molecule has 0 bridgehead atoms. The van der Waals surface area contributed by atoms with Crippen LogP contribution in [0.15, 0.2) is 54.9 Å². The molecule has 0 fully saturated rings. The van der Waals surface area contributed by atoms with Crippen LogP contribution in [-0.4, -0.2) is 27.5 Å². The van der Waals surface area contributed by atoms with Crippen LogP contribution in [0.25, 0.3) is 0 Å². The number of aryl methyl sites for hydroxylation is 1. The Balaban J connectivity index is 1.84. The molecule has 9 heteroatoms. The number of rotatable bonds is 8. The molecule has 0 atom stereocenters. The zero-order chi connectivity index (χ0) is 21.5. The van der Waals surface area contributed by atoms with E-state index in [2.05, 4.69) is 20.6 Å². The summed E-state index contributed by atoms with van der Waals surface area (Å²) in [4.78, 5) is 31.1. The second-order valence-corrected chi connectivity index (χ2v) is 6.44. The highest BCUT2D eigenvalue weighted by atomic mass is 16.6. The predicted molar refractivity (Wildman–Crippen MR) is 113 cm³/mol. The van der Waals surface area contributed by atoms with Crippen molar-refractivity contribution in [3.05, 3.63) is 81.7 Å². The first-order valence-corrected chi connectivity index (χ1v) is 9.31. The molecule has 0 spiro atoms. The van der Waals surface area contributed by atoms with Crippen LogP contribution in [0.1, 0.15) is 28.4 Å². The van der Waals surface area contributed by atoms with Crippen LogP contribution in [0.5, 0.6) is 0 Å². The third-order valence-corrected chi connectivity index (χ3v) is 4.22. The van der Waals surface area contributed by atoms with Crippen LogP contribution in [-0.2, 0) is 11.3 Å². The second kappa shape index (κ2) is 9.46. The molecule has 0 saturated heterocycles. The highest BCUT2D eigenvalue weighted by Crippen LogP contribution is 2.31. The van der Waals surface area contributed by atoms with Crippen molar-refractivity contribution in [1.29, 1.82) is 0 Å². The van der Waals surface area contributed by atoms with E-state index in [-0.39, 0.29) is 23.9 Å². The monoisotopic (exact) mass is 407 g/mol. The highest BCUT2D eigenvalue weighted by molar-refractivity contribution is 5.91. The summed E-state index contributed by atoms with van der Waals surface area (Å²) in [5.74, 6) is -0.360. The summed E-state index contributed by atoms with van der Waals surface area (Å²) in [6.45, 7) is 4.33. The number of anilines is 3. The lowest BCUT2D eigenvalue weighted by molar-refractivity contribution is -0.383. The minimum Gasteiger partial charge on any atom is -0.462 e. The third-order valence-electron chi connectivity index (χ3n) is 4.22. The second-order valence-electron chi connectivity index (χ2n) is 6.44. The first-order valence-electron chi connectivity index (χ1n) is 9.31. The maximum atomic E-state index is 11.9. The van der Waals surface area contributed by atoms with E-state index < -0.39 is 10.9 Å². The lowest BCUT2D eigenvalue weighted by atomic mass is 10.1. The van der Waals surface area contributed by atoms with E-state index in [4.69, 9.17) is 4.74 Å². The van der Waals surface area contributed by atoms with E-state index >= 15 is 0 Å². The van der Waals surface area contributed by atoms with Gasteiger partial charge in [-0.1, -0.05) is 35.9 Å². The van der Waals surface area contributed by atoms with Gasteiger partial charge in [-0.15, -0.1) is 0 Å². The van der Waals surface area contributed by atoms with Gasteiger partial charge in [0.05, 0.1) is 17.1 Å². The highest BCUT2D eigenvalue weighted by Gasteiger charge is 2.23. The Labute approximate surface area is 173 Å². The summed E-state index contributed by atoms with van der Waals surface area (Å²) in [6.07, 6.45) is 1.24. The smallest absolute Gasteiger partial charge is 0.353 e. The quantitative estimate of drug-likeness (QED) is 0.323. The summed E-state index contributed by atoms with van der Waals surface area (Å²) >= 11 is 0. The van der Waals surface area contributed by atoms with Crippen molar-refractivity contribution in [2.24, 2.45) is 0 Å². The molecule has 0 amide bonds. The van der Waals surface area contributed by atoms with Crippen molar-refractivity contribution in [3.8, 4) is 0 Å². The first kappa shape index (κ1) is 20.7. The molecule has 0 saturated carbocycles. The molecule has 3 rings (SSSR count). The van der Waals surface area contributed by atoms with Crippen LogP contribution in [0.2, 0.25) is 0 Å². The Morgan fingerprint density at radius 1 is 1.13 bits per heavy atom. The minimum atomic E-state index is -0.547. The van der Waals surface area contributed by atoms with E-state index in [0.29, 0.717) is 17.8 Å². The van der Waals surface area contributed by atoms with Gasteiger partial charge in [-0.2, -0.15) is 0 Å². The van der Waals surface area contributed by atoms with E-state index in [1.807, 2.05) is 31.2 Å². The van der Waals surface area contributed by atoms with Crippen molar-refractivity contribution < 1.29 is 14.5 Å². The normalized spacial score (nSPS) is 10.3. The summed E-state index contributed by atoms with van der Waals surface area (Å²) in [5, 5.41) is 17.6. The molecule has 3 aromatic rings. The fourth-order valence-corrected chi connectivity index (χ4v) is 2.74. The van der Waals surface area contributed by atoms with E-state index in [0.717, 1.165) is 11.1 Å². The number of esters is 1. The zero-order valence-corrected chi connectivity index (χ0v) is 16.6. The van der Waals surface area contributed by atoms with Gasteiger partial charge >= 0.3 is 11.7 Å². The summed E-state index contributed by atoms with van der Waals surface area (Å²) < 4.78 is 4.98. The summed E-state index contributed by atoms with van der Waals surface area (Å²) in [5.41, 5.74) is 2.60. The van der Waals surface area contributed by atoms with Crippen molar-refractivity contribution >= 4 is 29.0 Å². The number of aromatic nitrogens is 2. The lowest BCUT2D eigenvalue weighted by Crippen LogP contribution is -2.09. The average Bonchev–Trinajstić information content (AvgIpc) is 2.73. The number of benzene rings is 2. The number of nitro groups is 1. The molecule has 0 aliphatic carbocycles. The lowest BCUT2D eigenvalue weighted by Gasteiger charge is -2.11. The van der Waals surface area contributed by atoms with Crippen LogP contribution in [0.3, 0.4) is 0 Å². The van der Waals surface area contributed by atoms with Crippen molar-refractivity contribution in [2.75, 3.05) is 17.2 Å². The van der Waals surface area contributed by atoms with Gasteiger partial charge < -0.3 is 15.4 Å². The Morgan fingerprint density at radius 3 is 2.57 bits per heavy atom. The van der Waals surface area contributed by atoms with E-state index in [1.165, 1.54) is 6.33 Å². The number of hydrogen-bond donors (Lipinski definition) is 2. The molecule has 0 radical (unpaired) electrons. The van der Waals surface area contributed by atoms with E-state index in [1.54, 1.807) is 31.2 Å². The molecule has 0 unspecified atom stereocenters. The molecule has 2 aromatic carbocycles. The molecule has 1 heterocycles. The molecule has 30 heavy (non-hydrogen) atoms. The van der Waals surface area contributed by atoms with Crippen LogP contribution >= 0.6 is 0 Å². The Bertz CT molecular complexity index is 1050. The molecular weight excluding hydrogens is 386 g/mol. The van der Waals surface area contributed by atoms with Gasteiger partial charge in [-0.05, 0) is 37.6 Å². The van der Waals surface area contributed by atoms with Gasteiger partial charge in [0.2, 0.25) is 11.6 Å². The van der Waals surface area contributed by atoms with Gasteiger partial charge in [0.1, 0.15) is 6.33 Å². The Kier molecular flexibility index (Phi) is 6.53. The standard InChI is InChI=1S/C21H21N5O4/c1-3-30-21(27)16-5-4-6-17(11-16)25-20-18(26(28)29)19(23-13-24-20)22-12-15-9-7-14(2)8-10-15/h4-11,13H,3,12H2,1-2H3,(H2,22,23,24,25). The van der Waals surface area contributed by atoms with E-state index in [9.17, 15) is 14.9 Å². The number of nitrogens with zero attached hydrogens (tertiary/aromatic N) is 3. The molecule has 0 aliphatic rings. The van der Waals surface area contributed by atoms with Gasteiger partial charge in [0.25, 0.3) is 0 Å². The maximum Gasteiger partial charge on any atom is 0.353 e. The Hall–Kier alpha value is -4.01. The predicted octanol–water partition coefficient (Wildman–Crippen LogP) is 4.23. The third kappa shape index (κ3) is 5.07. The SMILES string of the molecule is CCOC(=O)c1cccc(Nc2ncnc(NCc3ccc(C)cc3)c2[N+](=O)[O-])c1. The van der Waals surface area contributed by atoms with Crippen LogP contribution < -0.4 is 10.6 Å². The van der Waals surface area contributed by atoms with Crippen molar-refractivity contribution in [3.63, 3.8) is 0 Å². The number of ether oxygens (including phenoxy) is 1. The molecule has 2 N–H and O–H groups in total. The fraction of sp³-hybridized carbons (Fsp3) is 0.190. The van der Waals surface area contributed by atoms with Crippen molar-refractivity contribution in [2.45, 2.75) is 20.4 Å². The molecular formula is C21H21N5O4. The van der Waals surface area contributed by atoms with Crippen LogP contribution in [0, 0.1) is 17.0 Å². The minimum absolute atomic E-state index is 0.0161. The molecule has 9 nitrogen and oxygen atoms in total. The molecule has 154 valence electrons. The largest absolute Gasteiger partial charge is 0.462 e. The van der Waals surface area contributed by atoms with Crippen LogP contribution in [0.4, 0.5) is 23.0 Å². The number of nitrogens with one attached hydrogen (secondary N) is 2. The number of carbonyl (C=O) groups excluding carboxylic acids is 1. The van der Waals surface area contributed by atoms with Gasteiger partial charge in [0.15, 0.2) is 0 Å². The fourth-order valence-electron chi connectivity index (χ4n) is 2.74. The first-order chi connectivity index (χ1) is 14.5. The van der Waals surface area contributed by atoms with Crippen molar-refractivity contribution in [1.82, 2.24) is 9.97 Å². The van der Waals surface area contributed by atoms with Gasteiger partial charge in [0, 0.05) is 12.2 Å². The molecule has 1 aromatic heterocycles. The number of carbonyl (C=O) groups is 1. The van der Waals surface area contributed by atoms with Gasteiger partial charge in [-0.25, -0.2) is 14.8 Å². The average molecular weight is 407 g/mol. The summed E-state index contributed by atoms with van der Waals surface area (Å²) in [7, 11) is 0. The maximum absolute atomic E-state index is 11.9. The summed E-state index contributed by atoms with van der Waals surface area (Å²) in [6, 6.07) is 14.3. The van der Waals surface area contributed by atoms with Gasteiger partial charge in [-0.3, -0.25) is 10.1 Å². The molecule has 0 aliphatic heterocycles. The zero-order valence-electron chi connectivity index (χ0n) is 16.6. The number of hydrogen-bond acceptors (Lipinski definition) is 8. The Morgan fingerprint density at radius 2 is 1.87 bits per heavy atom. The topological polar surface area (TPSA) is 119 Å².